The van der Waals surface area contributed by atoms with Crippen molar-refractivity contribution in [3.05, 3.63) is 51.5 Å². The highest BCUT2D eigenvalue weighted by Gasteiger charge is 2.14. The molecular formula is C15H15ClN4O. The van der Waals surface area contributed by atoms with E-state index in [1.165, 1.54) is 4.68 Å². The van der Waals surface area contributed by atoms with E-state index in [4.69, 9.17) is 11.6 Å². The Morgan fingerprint density at radius 2 is 2.14 bits per heavy atom. The first kappa shape index (κ1) is 13.8. The molecule has 0 spiro atoms. The van der Waals surface area contributed by atoms with E-state index in [0.29, 0.717) is 17.1 Å². The minimum absolute atomic E-state index is 0.130. The molecule has 108 valence electrons. The number of fused-ring (bicyclic) bond motifs is 1. The van der Waals surface area contributed by atoms with Crippen LogP contribution in [0.1, 0.15) is 19.0 Å². The normalized spacial score (nSPS) is 11.2. The van der Waals surface area contributed by atoms with Gasteiger partial charge in [-0.2, -0.15) is 10.2 Å². The number of benzene rings is 1. The molecule has 3 aromatic rings. The van der Waals surface area contributed by atoms with Crippen molar-refractivity contribution in [2.24, 2.45) is 0 Å². The zero-order chi connectivity index (χ0) is 15.0. The van der Waals surface area contributed by atoms with E-state index in [2.05, 4.69) is 10.2 Å². The molecule has 0 unspecified atom stereocenters. The SMILES string of the molecule is CCCn1nc(C)c2cnn(-c3cccc(Cl)c3)c2c1=O. The molecule has 0 fully saturated rings. The van der Waals surface area contributed by atoms with Crippen LogP contribution in [0.4, 0.5) is 0 Å². The third-order valence-corrected chi connectivity index (χ3v) is 3.59. The van der Waals surface area contributed by atoms with Gasteiger partial charge in [0.25, 0.3) is 5.56 Å². The van der Waals surface area contributed by atoms with E-state index in [1.807, 2.05) is 26.0 Å². The van der Waals surface area contributed by atoms with Crippen molar-refractivity contribution >= 4 is 22.5 Å². The Labute approximate surface area is 126 Å². The molecular weight excluding hydrogens is 288 g/mol. The van der Waals surface area contributed by atoms with Gasteiger partial charge in [0.2, 0.25) is 0 Å². The summed E-state index contributed by atoms with van der Waals surface area (Å²) >= 11 is 6.03. The van der Waals surface area contributed by atoms with Crippen molar-refractivity contribution < 1.29 is 0 Å². The molecule has 0 N–H and O–H groups in total. The lowest BCUT2D eigenvalue weighted by Gasteiger charge is -2.07. The lowest BCUT2D eigenvalue weighted by Crippen LogP contribution is -2.25. The lowest BCUT2D eigenvalue weighted by atomic mass is 10.2. The fourth-order valence-corrected chi connectivity index (χ4v) is 2.57. The van der Waals surface area contributed by atoms with Crippen LogP contribution in [-0.2, 0) is 6.54 Å². The number of hydrogen-bond acceptors (Lipinski definition) is 3. The fraction of sp³-hybridized carbons (Fsp3) is 0.267. The fourth-order valence-electron chi connectivity index (χ4n) is 2.39. The van der Waals surface area contributed by atoms with Crippen LogP contribution >= 0.6 is 11.6 Å². The van der Waals surface area contributed by atoms with Gasteiger partial charge in [-0.3, -0.25) is 4.79 Å². The largest absolute Gasteiger partial charge is 0.293 e. The summed E-state index contributed by atoms with van der Waals surface area (Å²) in [5.41, 5.74) is 1.97. The maximum Gasteiger partial charge on any atom is 0.293 e. The average molecular weight is 303 g/mol. The van der Waals surface area contributed by atoms with Gasteiger partial charge in [-0.05, 0) is 31.5 Å². The number of hydrogen-bond donors (Lipinski definition) is 0. The smallest absolute Gasteiger partial charge is 0.265 e. The van der Waals surface area contributed by atoms with E-state index in [0.717, 1.165) is 23.2 Å². The Hall–Kier alpha value is -2.14. The molecule has 2 aromatic heterocycles. The Kier molecular flexibility index (Phi) is 3.51. The monoisotopic (exact) mass is 302 g/mol. The summed E-state index contributed by atoms with van der Waals surface area (Å²) in [6, 6.07) is 7.29. The molecule has 2 heterocycles. The lowest BCUT2D eigenvalue weighted by molar-refractivity contribution is 0.566. The van der Waals surface area contributed by atoms with E-state index < -0.39 is 0 Å². The molecule has 5 nitrogen and oxygen atoms in total. The molecule has 0 radical (unpaired) electrons. The molecule has 21 heavy (non-hydrogen) atoms. The second kappa shape index (κ2) is 5.33. The van der Waals surface area contributed by atoms with E-state index >= 15 is 0 Å². The second-order valence-corrected chi connectivity index (χ2v) is 5.35. The van der Waals surface area contributed by atoms with Crippen LogP contribution in [0, 0.1) is 6.92 Å². The van der Waals surface area contributed by atoms with Crippen LogP contribution in [0.5, 0.6) is 0 Å². The van der Waals surface area contributed by atoms with Crippen LogP contribution in [-0.4, -0.2) is 19.6 Å². The van der Waals surface area contributed by atoms with Crippen LogP contribution < -0.4 is 5.56 Å². The average Bonchev–Trinajstić information content (AvgIpc) is 2.90. The van der Waals surface area contributed by atoms with Crippen LogP contribution in [0.2, 0.25) is 5.02 Å². The molecule has 0 aliphatic heterocycles. The first-order chi connectivity index (χ1) is 10.1. The third kappa shape index (κ3) is 2.34. The van der Waals surface area contributed by atoms with Crippen LogP contribution in [0.3, 0.4) is 0 Å². The molecule has 0 amide bonds. The Morgan fingerprint density at radius 3 is 2.86 bits per heavy atom. The molecule has 0 aliphatic carbocycles. The number of aryl methyl sites for hydroxylation is 2. The predicted molar refractivity (Wildman–Crippen MR) is 83.2 cm³/mol. The maximum absolute atomic E-state index is 12.6. The van der Waals surface area contributed by atoms with Crippen molar-refractivity contribution in [3.63, 3.8) is 0 Å². The van der Waals surface area contributed by atoms with Gasteiger partial charge in [0, 0.05) is 17.0 Å². The summed E-state index contributed by atoms with van der Waals surface area (Å²) < 4.78 is 3.13. The predicted octanol–water partition coefficient (Wildman–Crippen LogP) is 2.95. The van der Waals surface area contributed by atoms with Gasteiger partial charge in [0.05, 0.1) is 17.6 Å². The van der Waals surface area contributed by atoms with Crippen molar-refractivity contribution in [3.8, 4) is 5.69 Å². The minimum Gasteiger partial charge on any atom is -0.265 e. The van der Waals surface area contributed by atoms with Crippen molar-refractivity contribution in [2.45, 2.75) is 26.8 Å². The first-order valence-electron chi connectivity index (χ1n) is 6.83. The highest BCUT2D eigenvalue weighted by molar-refractivity contribution is 6.30. The molecule has 1 aromatic carbocycles. The number of aromatic nitrogens is 4. The van der Waals surface area contributed by atoms with E-state index in [1.54, 1.807) is 23.0 Å². The minimum atomic E-state index is -0.130. The van der Waals surface area contributed by atoms with Gasteiger partial charge in [-0.1, -0.05) is 24.6 Å². The quantitative estimate of drug-likeness (QED) is 0.747. The Balaban J connectivity index is 2.32. The van der Waals surface area contributed by atoms with Gasteiger partial charge in [-0.25, -0.2) is 9.36 Å². The third-order valence-electron chi connectivity index (χ3n) is 3.35. The molecule has 0 aliphatic rings. The van der Waals surface area contributed by atoms with Gasteiger partial charge in [0.15, 0.2) is 0 Å². The summed E-state index contributed by atoms with van der Waals surface area (Å²) in [6.45, 7) is 4.50. The van der Waals surface area contributed by atoms with E-state index in [9.17, 15) is 4.79 Å². The van der Waals surface area contributed by atoms with Gasteiger partial charge in [0.1, 0.15) is 5.52 Å². The molecule has 6 heteroatoms. The van der Waals surface area contributed by atoms with Gasteiger partial charge < -0.3 is 0 Å². The maximum atomic E-state index is 12.6. The highest BCUT2D eigenvalue weighted by atomic mass is 35.5. The van der Waals surface area contributed by atoms with Crippen molar-refractivity contribution in [1.82, 2.24) is 19.6 Å². The number of halogens is 1. The summed E-state index contributed by atoms with van der Waals surface area (Å²) in [5.74, 6) is 0. The standard InChI is InChI=1S/C15H15ClN4O/c1-3-7-19-15(21)14-13(10(2)18-19)9-17-20(14)12-6-4-5-11(16)8-12/h4-6,8-9H,3,7H2,1-2H3. The van der Waals surface area contributed by atoms with Crippen LogP contribution in [0.25, 0.3) is 16.6 Å². The molecule has 0 saturated carbocycles. The van der Waals surface area contributed by atoms with Gasteiger partial charge in [-0.15, -0.1) is 0 Å². The zero-order valence-electron chi connectivity index (χ0n) is 11.9. The Morgan fingerprint density at radius 1 is 1.33 bits per heavy atom. The molecule has 0 atom stereocenters. The highest BCUT2D eigenvalue weighted by Crippen LogP contribution is 2.19. The Bertz CT molecular complexity index is 866. The van der Waals surface area contributed by atoms with Gasteiger partial charge >= 0.3 is 0 Å². The van der Waals surface area contributed by atoms with Crippen molar-refractivity contribution in [2.75, 3.05) is 0 Å². The molecule has 3 rings (SSSR count). The summed E-state index contributed by atoms with van der Waals surface area (Å²) in [5, 5.41) is 10.1. The molecule has 0 bridgehead atoms. The summed E-state index contributed by atoms with van der Waals surface area (Å²) in [7, 11) is 0. The van der Waals surface area contributed by atoms with E-state index in [-0.39, 0.29) is 5.56 Å². The van der Waals surface area contributed by atoms with Crippen LogP contribution in [0.15, 0.2) is 35.3 Å². The zero-order valence-corrected chi connectivity index (χ0v) is 12.6. The number of rotatable bonds is 3. The van der Waals surface area contributed by atoms with Crippen molar-refractivity contribution in [1.29, 1.82) is 0 Å². The topological polar surface area (TPSA) is 52.7 Å². The molecule has 0 saturated heterocycles. The first-order valence-corrected chi connectivity index (χ1v) is 7.21. The number of nitrogens with zero attached hydrogens (tertiary/aromatic N) is 4. The summed E-state index contributed by atoms with van der Waals surface area (Å²) in [4.78, 5) is 12.6. The summed E-state index contributed by atoms with van der Waals surface area (Å²) in [6.07, 6.45) is 2.53. The second-order valence-electron chi connectivity index (χ2n) is 4.91.